The predicted octanol–water partition coefficient (Wildman–Crippen LogP) is 3.17. The topological polar surface area (TPSA) is 32.8 Å². The highest BCUT2D eigenvalue weighted by Crippen LogP contribution is 2.25. The van der Waals surface area contributed by atoms with Gasteiger partial charge in [-0.3, -0.25) is 9.69 Å². The monoisotopic (exact) mass is 330 g/mol. The van der Waals surface area contributed by atoms with Gasteiger partial charge in [-0.25, -0.2) is 0 Å². The molecule has 0 N–H and O–H groups in total. The zero-order valence-corrected chi connectivity index (χ0v) is 15.0. The molecule has 0 bridgehead atoms. The van der Waals surface area contributed by atoms with Crippen molar-refractivity contribution in [1.82, 2.24) is 9.80 Å². The van der Waals surface area contributed by atoms with Gasteiger partial charge >= 0.3 is 0 Å². The molecule has 4 heteroatoms. The second kappa shape index (κ2) is 8.02. The van der Waals surface area contributed by atoms with Crippen molar-refractivity contribution in [3.8, 4) is 5.75 Å². The maximum absolute atomic E-state index is 12.7. The number of hydrogen-bond acceptors (Lipinski definition) is 3. The van der Waals surface area contributed by atoms with Crippen LogP contribution in [0.15, 0.2) is 24.3 Å². The summed E-state index contributed by atoms with van der Waals surface area (Å²) in [5.41, 5.74) is 1.28. The molecule has 0 unspecified atom stereocenters. The van der Waals surface area contributed by atoms with Crippen molar-refractivity contribution in [2.75, 3.05) is 33.3 Å². The predicted molar refractivity (Wildman–Crippen MR) is 96.0 cm³/mol. The molecule has 0 saturated carbocycles. The Hall–Kier alpha value is -1.55. The third-order valence-corrected chi connectivity index (χ3v) is 5.45. The lowest BCUT2D eigenvalue weighted by Gasteiger charge is -2.37. The van der Waals surface area contributed by atoms with Gasteiger partial charge in [0.2, 0.25) is 5.91 Å². The molecule has 2 aliphatic rings. The Morgan fingerprint density at radius 2 is 2.00 bits per heavy atom. The fourth-order valence-corrected chi connectivity index (χ4v) is 4.01. The molecule has 4 nitrogen and oxygen atoms in total. The molecule has 0 aromatic heterocycles. The molecule has 132 valence electrons. The molecule has 1 atom stereocenters. The Balaban J connectivity index is 1.49. The number of carbonyl (C=O) groups excluding carboxylic acids is 1. The summed E-state index contributed by atoms with van der Waals surface area (Å²) in [6.45, 7) is 7.15. The number of benzene rings is 1. The highest BCUT2D eigenvalue weighted by molar-refractivity contribution is 5.79. The molecule has 0 spiro atoms. The van der Waals surface area contributed by atoms with E-state index in [1.54, 1.807) is 7.11 Å². The molecule has 1 aromatic rings. The van der Waals surface area contributed by atoms with Gasteiger partial charge in [-0.2, -0.15) is 0 Å². The molecular weight excluding hydrogens is 300 g/mol. The summed E-state index contributed by atoms with van der Waals surface area (Å²) in [5.74, 6) is 2.21. The van der Waals surface area contributed by atoms with Crippen LogP contribution < -0.4 is 4.74 Å². The SMILES string of the molecule is COc1cccc(CN2CCC(C(=O)N3CCC[C@@H](C)C3)CC2)c1. The van der Waals surface area contributed by atoms with Crippen molar-refractivity contribution < 1.29 is 9.53 Å². The Kier molecular flexibility index (Phi) is 5.77. The molecule has 2 fully saturated rings. The fourth-order valence-electron chi connectivity index (χ4n) is 4.01. The second-order valence-corrected chi connectivity index (χ2v) is 7.43. The number of likely N-dealkylation sites (tertiary alicyclic amines) is 2. The van der Waals surface area contributed by atoms with E-state index in [-0.39, 0.29) is 5.92 Å². The minimum absolute atomic E-state index is 0.233. The van der Waals surface area contributed by atoms with Gasteiger partial charge < -0.3 is 9.64 Å². The molecule has 1 aromatic carbocycles. The molecule has 3 rings (SSSR count). The van der Waals surface area contributed by atoms with Crippen LogP contribution in [0.1, 0.15) is 38.2 Å². The van der Waals surface area contributed by atoms with Crippen molar-refractivity contribution in [2.45, 2.75) is 39.2 Å². The van der Waals surface area contributed by atoms with Crippen molar-refractivity contribution in [1.29, 1.82) is 0 Å². The highest BCUT2D eigenvalue weighted by atomic mass is 16.5. The van der Waals surface area contributed by atoms with Crippen LogP contribution in [0, 0.1) is 11.8 Å². The lowest BCUT2D eigenvalue weighted by Crippen LogP contribution is -2.45. The minimum Gasteiger partial charge on any atom is -0.497 e. The van der Waals surface area contributed by atoms with Crippen molar-refractivity contribution in [2.24, 2.45) is 11.8 Å². The largest absolute Gasteiger partial charge is 0.497 e. The average Bonchev–Trinajstić information content (AvgIpc) is 2.62. The van der Waals surface area contributed by atoms with Crippen LogP contribution in [0.4, 0.5) is 0 Å². The average molecular weight is 330 g/mol. The van der Waals surface area contributed by atoms with Gasteiger partial charge in [0.05, 0.1) is 7.11 Å². The second-order valence-electron chi connectivity index (χ2n) is 7.43. The Morgan fingerprint density at radius 1 is 1.21 bits per heavy atom. The van der Waals surface area contributed by atoms with Crippen LogP contribution in [0.25, 0.3) is 0 Å². The maximum atomic E-state index is 12.7. The standard InChI is InChI=1S/C20H30N2O2/c1-16-5-4-10-22(14-16)20(23)18-8-11-21(12-9-18)15-17-6-3-7-19(13-17)24-2/h3,6-7,13,16,18H,4-5,8-12,14-15H2,1-2H3/t16-/m1/s1. The van der Waals surface area contributed by atoms with Crippen LogP contribution in [0.5, 0.6) is 5.75 Å². The van der Waals surface area contributed by atoms with E-state index in [2.05, 4.69) is 28.9 Å². The summed E-state index contributed by atoms with van der Waals surface area (Å²) < 4.78 is 5.30. The molecule has 0 aliphatic carbocycles. The summed E-state index contributed by atoms with van der Waals surface area (Å²) in [4.78, 5) is 17.3. The number of ether oxygens (including phenoxy) is 1. The van der Waals surface area contributed by atoms with Gasteiger partial charge in [0, 0.05) is 25.6 Å². The third-order valence-electron chi connectivity index (χ3n) is 5.45. The van der Waals surface area contributed by atoms with Crippen LogP contribution in [0.3, 0.4) is 0 Å². The van der Waals surface area contributed by atoms with E-state index >= 15 is 0 Å². The van der Waals surface area contributed by atoms with Crippen LogP contribution in [-0.2, 0) is 11.3 Å². The number of piperidine rings is 2. The molecule has 0 radical (unpaired) electrons. The van der Waals surface area contributed by atoms with Crippen LogP contribution >= 0.6 is 0 Å². The zero-order chi connectivity index (χ0) is 16.9. The summed E-state index contributed by atoms with van der Waals surface area (Å²) in [5, 5.41) is 0. The molecule has 2 aliphatic heterocycles. The van der Waals surface area contributed by atoms with E-state index in [9.17, 15) is 4.79 Å². The number of amides is 1. The van der Waals surface area contributed by atoms with Crippen LogP contribution in [0.2, 0.25) is 0 Å². The molecule has 2 heterocycles. The zero-order valence-electron chi connectivity index (χ0n) is 15.0. The first-order chi connectivity index (χ1) is 11.7. The van der Waals surface area contributed by atoms with E-state index in [4.69, 9.17) is 4.74 Å². The van der Waals surface area contributed by atoms with E-state index in [0.29, 0.717) is 11.8 Å². The first-order valence-corrected chi connectivity index (χ1v) is 9.30. The first kappa shape index (κ1) is 17.3. The summed E-state index contributed by atoms with van der Waals surface area (Å²) >= 11 is 0. The first-order valence-electron chi connectivity index (χ1n) is 9.30. The third kappa shape index (κ3) is 4.29. The van der Waals surface area contributed by atoms with Gasteiger partial charge in [0.15, 0.2) is 0 Å². The quantitative estimate of drug-likeness (QED) is 0.850. The number of nitrogens with zero attached hydrogens (tertiary/aromatic N) is 2. The van der Waals surface area contributed by atoms with Gasteiger partial charge in [0.1, 0.15) is 5.75 Å². The molecule has 1 amide bonds. The fraction of sp³-hybridized carbons (Fsp3) is 0.650. The lowest BCUT2D eigenvalue weighted by atomic mass is 9.92. The molecule has 2 saturated heterocycles. The maximum Gasteiger partial charge on any atom is 0.225 e. The Bertz CT molecular complexity index is 552. The molecule has 24 heavy (non-hydrogen) atoms. The van der Waals surface area contributed by atoms with Crippen LogP contribution in [-0.4, -0.2) is 49.0 Å². The van der Waals surface area contributed by atoms with E-state index < -0.39 is 0 Å². The van der Waals surface area contributed by atoms with Gasteiger partial charge in [-0.1, -0.05) is 19.1 Å². The van der Waals surface area contributed by atoms with E-state index in [1.807, 2.05) is 12.1 Å². The normalized spacial score (nSPS) is 23.2. The van der Waals surface area contributed by atoms with Crippen molar-refractivity contribution in [3.05, 3.63) is 29.8 Å². The number of carbonyl (C=O) groups is 1. The van der Waals surface area contributed by atoms with E-state index in [1.165, 1.54) is 18.4 Å². The smallest absolute Gasteiger partial charge is 0.225 e. The number of rotatable bonds is 4. The van der Waals surface area contributed by atoms with E-state index in [0.717, 1.165) is 51.3 Å². The van der Waals surface area contributed by atoms with Crippen molar-refractivity contribution >= 4 is 5.91 Å². The number of hydrogen-bond donors (Lipinski definition) is 0. The summed E-state index contributed by atoms with van der Waals surface area (Å²) in [6, 6.07) is 8.28. The van der Waals surface area contributed by atoms with Gasteiger partial charge in [0.25, 0.3) is 0 Å². The summed E-state index contributed by atoms with van der Waals surface area (Å²) in [6.07, 6.45) is 4.42. The summed E-state index contributed by atoms with van der Waals surface area (Å²) in [7, 11) is 1.71. The molecular formula is C20H30N2O2. The lowest BCUT2D eigenvalue weighted by molar-refractivity contribution is -0.138. The van der Waals surface area contributed by atoms with Crippen molar-refractivity contribution in [3.63, 3.8) is 0 Å². The highest BCUT2D eigenvalue weighted by Gasteiger charge is 2.30. The minimum atomic E-state index is 0.233. The Morgan fingerprint density at radius 3 is 2.71 bits per heavy atom. The Labute approximate surface area is 145 Å². The number of methoxy groups -OCH3 is 1. The van der Waals surface area contributed by atoms with Gasteiger partial charge in [-0.15, -0.1) is 0 Å². The van der Waals surface area contributed by atoms with Gasteiger partial charge in [-0.05, 0) is 62.4 Å².